The average molecular weight is 438 g/mol. The van der Waals surface area contributed by atoms with E-state index in [0.29, 0.717) is 27.7 Å². The summed E-state index contributed by atoms with van der Waals surface area (Å²) >= 11 is 2.60. The first-order chi connectivity index (χ1) is 14.7. The van der Waals surface area contributed by atoms with Crippen LogP contribution in [0, 0.1) is 0 Å². The molecule has 0 aliphatic heterocycles. The molecular formula is C22H19N3O3S2. The van der Waals surface area contributed by atoms with E-state index in [1.807, 2.05) is 60.8 Å². The van der Waals surface area contributed by atoms with Gasteiger partial charge >= 0.3 is 0 Å². The SMILES string of the molecule is CCOc1ccc(NC(=O)CSc2nc3ccsc3c(=O)n2-c2ccccc2)cc1. The summed E-state index contributed by atoms with van der Waals surface area (Å²) in [4.78, 5) is 30.1. The number of rotatable bonds is 7. The highest BCUT2D eigenvalue weighted by Crippen LogP contribution is 2.24. The van der Waals surface area contributed by atoms with Crippen molar-refractivity contribution in [3.63, 3.8) is 0 Å². The lowest BCUT2D eigenvalue weighted by atomic mass is 10.3. The van der Waals surface area contributed by atoms with E-state index in [4.69, 9.17) is 4.74 Å². The molecule has 30 heavy (non-hydrogen) atoms. The molecule has 152 valence electrons. The Morgan fingerprint density at radius 1 is 1.13 bits per heavy atom. The second-order valence-electron chi connectivity index (χ2n) is 6.30. The molecule has 4 rings (SSSR count). The van der Waals surface area contributed by atoms with Gasteiger partial charge in [0.15, 0.2) is 5.16 Å². The molecule has 2 heterocycles. The number of hydrogen-bond acceptors (Lipinski definition) is 6. The quantitative estimate of drug-likeness (QED) is 0.339. The van der Waals surface area contributed by atoms with E-state index < -0.39 is 0 Å². The van der Waals surface area contributed by atoms with Gasteiger partial charge in [0.05, 0.1) is 23.6 Å². The second-order valence-corrected chi connectivity index (χ2v) is 8.16. The lowest BCUT2D eigenvalue weighted by molar-refractivity contribution is -0.113. The van der Waals surface area contributed by atoms with Crippen LogP contribution in [0.5, 0.6) is 5.75 Å². The van der Waals surface area contributed by atoms with Crippen molar-refractivity contribution in [2.75, 3.05) is 17.7 Å². The molecule has 0 saturated heterocycles. The van der Waals surface area contributed by atoms with Gasteiger partial charge in [-0.25, -0.2) is 4.98 Å². The summed E-state index contributed by atoms with van der Waals surface area (Å²) in [6.07, 6.45) is 0. The van der Waals surface area contributed by atoms with Crippen molar-refractivity contribution in [1.82, 2.24) is 9.55 Å². The maximum Gasteiger partial charge on any atom is 0.276 e. The van der Waals surface area contributed by atoms with Crippen LogP contribution in [-0.2, 0) is 4.79 Å². The third kappa shape index (κ3) is 4.39. The summed E-state index contributed by atoms with van der Waals surface area (Å²) in [5.74, 6) is 0.704. The van der Waals surface area contributed by atoms with Crippen molar-refractivity contribution in [2.24, 2.45) is 0 Å². The van der Waals surface area contributed by atoms with Gasteiger partial charge in [-0.3, -0.25) is 14.2 Å². The minimum absolute atomic E-state index is 0.127. The monoisotopic (exact) mass is 437 g/mol. The van der Waals surface area contributed by atoms with Crippen LogP contribution in [0.15, 0.2) is 76.0 Å². The van der Waals surface area contributed by atoms with E-state index in [9.17, 15) is 9.59 Å². The van der Waals surface area contributed by atoms with E-state index in [-0.39, 0.29) is 17.2 Å². The summed E-state index contributed by atoms with van der Waals surface area (Å²) in [5, 5.41) is 5.19. The third-order valence-corrected chi connectivity index (χ3v) is 6.08. The number of hydrogen-bond donors (Lipinski definition) is 1. The Morgan fingerprint density at radius 3 is 2.63 bits per heavy atom. The normalized spacial score (nSPS) is 10.8. The molecular weight excluding hydrogens is 418 g/mol. The molecule has 0 spiro atoms. The Labute approximate surface area is 181 Å². The molecule has 0 aliphatic carbocycles. The molecule has 1 N–H and O–H groups in total. The van der Waals surface area contributed by atoms with Crippen molar-refractivity contribution in [1.29, 1.82) is 0 Å². The van der Waals surface area contributed by atoms with Crippen LogP contribution < -0.4 is 15.6 Å². The Balaban J connectivity index is 1.54. The molecule has 1 amide bonds. The number of carbonyl (C=O) groups is 1. The molecule has 2 aromatic carbocycles. The summed E-state index contributed by atoms with van der Waals surface area (Å²) in [6, 6.07) is 18.4. The molecule has 0 saturated carbocycles. The number of anilines is 1. The highest BCUT2D eigenvalue weighted by atomic mass is 32.2. The number of thiophene rings is 1. The molecule has 0 fully saturated rings. The van der Waals surface area contributed by atoms with Crippen molar-refractivity contribution in [2.45, 2.75) is 12.1 Å². The lowest BCUT2D eigenvalue weighted by Crippen LogP contribution is -2.22. The van der Waals surface area contributed by atoms with Gasteiger partial charge < -0.3 is 10.1 Å². The maximum atomic E-state index is 13.0. The van der Waals surface area contributed by atoms with Crippen molar-refractivity contribution >= 4 is 44.9 Å². The van der Waals surface area contributed by atoms with Gasteiger partial charge in [0.2, 0.25) is 5.91 Å². The highest BCUT2D eigenvalue weighted by Gasteiger charge is 2.15. The molecule has 0 atom stereocenters. The number of fused-ring (bicyclic) bond motifs is 1. The van der Waals surface area contributed by atoms with Crippen molar-refractivity contribution in [3.05, 3.63) is 76.4 Å². The molecule has 0 unspecified atom stereocenters. The third-order valence-electron chi connectivity index (χ3n) is 4.24. The number of amides is 1. The average Bonchev–Trinajstić information content (AvgIpc) is 3.24. The fourth-order valence-electron chi connectivity index (χ4n) is 2.92. The predicted molar refractivity (Wildman–Crippen MR) is 122 cm³/mol. The Morgan fingerprint density at radius 2 is 1.90 bits per heavy atom. The topological polar surface area (TPSA) is 73.2 Å². The van der Waals surface area contributed by atoms with Crippen LogP contribution in [0.25, 0.3) is 15.9 Å². The summed E-state index contributed by atoms with van der Waals surface area (Å²) in [6.45, 7) is 2.51. The van der Waals surface area contributed by atoms with E-state index in [0.717, 1.165) is 11.4 Å². The number of nitrogens with one attached hydrogen (secondary N) is 1. The summed E-state index contributed by atoms with van der Waals surface area (Å²) in [5.41, 5.74) is 1.92. The van der Waals surface area contributed by atoms with Crippen LogP contribution >= 0.6 is 23.1 Å². The lowest BCUT2D eigenvalue weighted by Gasteiger charge is -2.12. The van der Waals surface area contributed by atoms with Gasteiger partial charge in [-0.15, -0.1) is 11.3 Å². The molecule has 2 aromatic heterocycles. The van der Waals surface area contributed by atoms with Crippen LogP contribution in [0.1, 0.15) is 6.92 Å². The van der Waals surface area contributed by atoms with Gasteiger partial charge in [0.25, 0.3) is 5.56 Å². The molecule has 0 radical (unpaired) electrons. The van der Waals surface area contributed by atoms with Gasteiger partial charge in [-0.1, -0.05) is 30.0 Å². The first-order valence-corrected chi connectivity index (χ1v) is 11.2. The van der Waals surface area contributed by atoms with Crippen LogP contribution in [0.4, 0.5) is 5.69 Å². The van der Waals surface area contributed by atoms with E-state index in [2.05, 4.69) is 10.3 Å². The molecule has 0 aliphatic rings. The maximum absolute atomic E-state index is 13.0. The van der Waals surface area contributed by atoms with Gasteiger partial charge in [-0.05, 0) is 54.8 Å². The summed E-state index contributed by atoms with van der Waals surface area (Å²) < 4.78 is 7.57. The minimum atomic E-state index is -0.177. The zero-order valence-electron chi connectivity index (χ0n) is 16.2. The van der Waals surface area contributed by atoms with Gasteiger partial charge in [0, 0.05) is 5.69 Å². The molecule has 6 nitrogen and oxygen atoms in total. The number of ether oxygens (including phenoxy) is 1. The number of nitrogens with zero attached hydrogens (tertiary/aromatic N) is 2. The Hall–Kier alpha value is -3.10. The molecule has 0 bridgehead atoms. The fourth-order valence-corrected chi connectivity index (χ4v) is 4.49. The summed E-state index contributed by atoms with van der Waals surface area (Å²) in [7, 11) is 0. The minimum Gasteiger partial charge on any atom is -0.494 e. The number of thioether (sulfide) groups is 1. The Kier molecular flexibility index (Phi) is 6.15. The first kappa shape index (κ1) is 20.2. The molecule has 8 heteroatoms. The van der Waals surface area contributed by atoms with Gasteiger partial charge in [-0.2, -0.15) is 0 Å². The fraction of sp³-hybridized carbons (Fsp3) is 0.136. The zero-order chi connectivity index (χ0) is 20.9. The number of carbonyl (C=O) groups excluding carboxylic acids is 1. The smallest absolute Gasteiger partial charge is 0.276 e. The highest BCUT2D eigenvalue weighted by molar-refractivity contribution is 7.99. The van der Waals surface area contributed by atoms with E-state index >= 15 is 0 Å². The first-order valence-electron chi connectivity index (χ1n) is 9.37. The number of benzene rings is 2. The van der Waals surface area contributed by atoms with Crippen LogP contribution in [-0.4, -0.2) is 27.8 Å². The van der Waals surface area contributed by atoms with E-state index in [1.54, 1.807) is 16.7 Å². The van der Waals surface area contributed by atoms with Crippen molar-refractivity contribution in [3.8, 4) is 11.4 Å². The van der Waals surface area contributed by atoms with Crippen molar-refractivity contribution < 1.29 is 9.53 Å². The largest absolute Gasteiger partial charge is 0.494 e. The number of aromatic nitrogens is 2. The van der Waals surface area contributed by atoms with Crippen LogP contribution in [0.3, 0.4) is 0 Å². The zero-order valence-corrected chi connectivity index (χ0v) is 17.8. The predicted octanol–water partition coefficient (Wildman–Crippen LogP) is 4.58. The van der Waals surface area contributed by atoms with Gasteiger partial charge in [0.1, 0.15) is 10.4 Å². The second kappa shape index (κ2) is 9.15. The molecule has 4 aromatic rings. The Bertz CT molecular complexity index is 1220. The standard InChI is InChI=1S/C22H19N3O3S2/c1-2-28-17-10-8-15(9-11-17)23-19(26)14-30-22-24-18-12-13-29-20(18)21(27)25(22)16-6-4-3-5-7-16/h3-13H,2,14H2,1H3,(H,23,26). The number of para-hydroxylation sites is 1. The van der Waals surface area contributed by atoms with Crippen LogP contribution in [0.2, 0.25) is 0 Å². The van der Waals surface area contributed by atoms with E-state index in [1.165, 1.54) is 23.1 Å².